The third-order valence-corrected chi connectivity index (χ3v) is 5.10. The van der Waals surface area contributed by atoms with Crippen molar-refractivity contribution in [2.24, 2.45) is 7.05 Å². The summed E-state index contributed by atoms with van der Waals surface area (Å²) in [4.78, 5) is 19.0. The molecule has 0 saturated heterocycles. The van der Waals surface area contributed by atoms with Crippen molar-refractivity contribution in [2.75, 3.05) is 19.0 Å². The van der Waals surface area contributed by atoms with Crippen LogP contribution in [0.15, 0.2) is 65.5 Å². The molecule has 8 heteroatoms. The second-order valence-electron chi connectivity index (χ2n) is 7.46. The average molecular weight is 416 g/mol. The smallest absolute Gasteiger partial charge is 0.368 e. The predicted octanol–water partition coefficient (Wildman–Crippen LogP) is 2.98. The Morgan fingerprint density at radius 3 is 2.39 bits per heavy atom. The van der Waals surface area contributed by atoms with Gasteiger partial charge in [0.05, 0.1) is 11.4 Å². The van der Waals surface area contributed by atoms with E-state index >= 15 is 0 Å². The van der Waals surface area contributed by atoms with Gasteiger partial charge in [-0.25, -0.2) is 9.78 Å². The van der Waals surface area contributed by atoms with E-state index in [4.69, 9.17) is 4.74 Å². The number of hydrogen-bond donors (Lipinski definition) is 0. The fourth-order valence-electron chi connectivity index (χ4n) is 3.27. The zero-order valence-corrected chi connectivity index (χ0v) is 18.0. The molecule has 0 atom stereocenters. The molecule has 2 heterocycles. The highest BCUT2D eigenvalue weighted by molar-refractivity contribution is 5.63. The number of hydrogen-bond acceptors (Lipinski definition) is 6. The summed E-state index contributed by atoms with van der Waals surface area (Å²) < 4.78 is 8.49. The minimum absolute atomic E-state index is 0.251. The van der Waals surface area contributed by atoms with Gasteiger partial charge in [0.1, 0.15) is 6.61 Å². The standard InChI is InChI=1S/C23H24N6O2/c1-16-7-5-9-21(29-23(30)28(4)25-26-29)19(16)15-31-22-10-6-8-20(24-22)17-11-13-18(14-12-17)27(2)3/h5-14H,15H2,1-4H3. The first-order valence-corrected chi connectivity index (χ1v) is 9.89. The van der Waals surface area contributed by atoms with Gasteiger partial charge in [0, 0.05) is 44.0 Å². The van der Waals surface area contributed by atoms with E-state index in [2.05, 4.69) is 32.4 Å². The fourth-order valence-corrected chi connectivity index (χ4v) is 3.27. The zero-order chi connectivity index (χ0) is 22.0. The Kier molecular flexibility index (Phi) is 5.53. The van der Waals surface area contributed by atoms with E-state index in [-0.39, 0.29) is 12.3 Å². The summed E-state index contributed by atoms with van der Waals surface area (Å²) in [5, 5.41) is 7.76. The van der Waals surface area contributed by atoms with Crippen molar-refractivity contribution in [1.82, 2.24) is 24.8 Å². The van der Waals surface area contributed by atoms with Crippen molar-refractivity contribution < 1.29 is 4.74 Å². The molecule has 0 aliphatic rings. The molecule has 2 aromatic heterocycles. The molecule has 0 spiro atoms. The molecule has 0 aliphatic carbocycles. The Morgan fingerprint density at radius 2 is 1.71 bits per heavy atom. The summed E-state index contributed by atoms with van der Waals surface area (Å²) in [5.41, 5.74) is 5.15. The lowest BCUT2D eigenvalue weighted by Gasteiger charge is -2.14. The van der Waals surface area contributed by atoms with E-state index in [1.54, 1.807) is 7.05 Å². The van der Waals surface area contributed by atoms with Crippen molar-refractivity contribution in [1.29, 1.82) is 0 Å². The van der Waals surface area contributed by atoms with Crippen LogP contribution in [0.4, 0.5) is 5.69 Å². The van der Waals surface area contributed by atoms with E-state index < -0.39 is 0 Å². The molecule has 8 nitrogen and oxygen atoms in total. The van der Waals surface area contributed by atoms with Crippen LogP contribution in [0.3, 0.4) is 0 Å². The highest BCUT2D eigenvalue weighted by Crippen LogP contribution is 2.24. The second-order valence-corrected chi connectivity index (χ2v) is 7.46. The van der Waals surface area contributed by atoms with Gasteiger partial charge in [-0.3, -0.25) is 0 Å². The third kappa shape index (κ3) is 4.18. The van der Waals surface area contributed by atoms with E-state index in [9.17, 15) is 4.79 Å². The molecule has 2 aromatic carbocycles. The van der Waals surface area contributed by atoms with Gasteiger partial charge in [-0.2, -0.15) is 9.36 Å². The highest BCUT2D eigenvalue weighted by Gasteiger charge is 2.14. The lowest BCUT2D eigenvalue weighted by atomic mass is 10.1. The van der Waals surface area contributed by atoms with Crippen molar-refractivity contribution in [3.63, 3.8) is 0 Å². The maximum Gasteiger partial charge on any atom is 0.368 e. The van der Waals surface area contributed by atoms with Crippen LogP contribution in [-0.4, -0.2) is 38.9 Å². The molecule has 31 heavy (non-hydrogen) atoms. The van der Waals surface area contributed by atoms with Gasteiger partial charge in [-0.05, 0) is 47.2 Å². The zero-order valence-electron chi connectivity index (χ0n) is 18.0. The van der Waals surface area contributed by atoms with Crippen LogP contribution in [0.5, 0.6) is 5.88 Å². The van der Waals surface area contributed by atoms with E-state index in [1.807, 2.05) is 69.6 Å². The van der Waals surface area contributed by atoms with Crippen LogP contribution in [0.2, 0.25) is 0 Å². The van der Waals surface area contributed by atoms with Gasteiger partial charge in [0.25, 0.3) is 0 Å². The molecule has 158 valence electrons. The third-order valence-electron chi connectivity index (χ3n) is 5.10. The van der Waals surface area contributed by atoms with Gasteiger partial charge in [0.2, 0.25) is 5.88 Å². The number of ether oxygens (including phenoxy) is 1. The maximum absolute atomic E-state index is 12.3. The lowest BCUT2D eigenvalue weighted by molar-refractivity contribution is 0.293. The Bertz CT molecular complexity index is 1260. The SMILES string of the molecule is Cc1cccc(-n2nnn(C)c2=O)c1COc1cccc(-c2ccc(N(C)C)cc2)n1. The number of aromatic nitrogens is 5. The predicted molar refractivity (Wildman–Crippen MR) is 120 cm³/mol. The molecule has 0 N–H and O–H groups in total. The first-order valence-electron chi connectivity index (χ1n) is 9.89. The number of benzene rings is 2. The van der Waals surface area contributed by atoms with E-state index in [1.165, 1.54) is 9.36 Å². The molecule has 0 unspecified atom stereocenters. The summed E-state index contributed by atoms with van der Waals surface area (Å²) in [5.74, 6) is 0.509. The van der Waals surface area contributed by atoms with Crippen molar-refractivity contribution in [3.8, 4) is 22.8 Å². The Morgan fingerprint density at radius 1 is 0.968 bits per heavy atom. The molecule has 4 aromatic rings. The molecule has 0 saturated carbocycles. The summed E-state index contributed by atoms with van der Waals surface area (Å²) in [6, 6.07) is 19.6. The maximum atomic E-state index is 12.3. The number of anilines is 1. The van der Waals surface area contributed by atoms with Gasteiger partial charge in [0.15, 0.2) is 0 Å². The summed E-state index contributed by atoms with van der Waals surface area (Å²) in [6.07, 6.45) is 0. The number of nitrogens with zero attached hydrogens (tertiary/aromatic N) is 6. The average Bonchev–Trinajstić information content (AvgIpc) is 3.11. The Hall–Kier alpha value is -3.94. The molecular formula is C23H24N6O2. The molecule has 4 rings (SSSR count). The second kappa shape index (κ2) is 8.43. The van der Waals surface area contributed by atoms with Gasteiger partial charge in [-0.1, -0.05) is 30.3 Å². The monoisotopic (exact) mass is 416 g/mol. The molecule has 0 radical (unpaired) electrons. The van der Waals surface area contributed by atoms with E-state index in [0.717, 1.165) is 28.1 Å². The van der Waals surface area contributed by atoms with Gasteiger partial charge < -0.3 is 9.64 Å². The molecule has 0 amide bonds. The Balaban J connectivity index is 1.59. The topological polar surface area (TPSA) is 78.1 Å². The number of rotatable bonds is 6. The van der Waals surface area contributed by atoms with Crippen molar-refractivity contribution >= 4 is 5.69 Å². The molecule has 0 bridgehead atoms. The summed E-state index contributed by atoms with van der Waals surface area (Å²) >= 11 is 0. The summed E-state index contributed by atoms with van der Waals surface area (Å²) in [6.45, 7) is 2.22. The van der Waals surface area contributed by atoms with Gasteiger partial charge in [-0.15, -0.1) is 0 Å². The van der Waals surface area contributed by atoms with Crippen LogP contribution in [0.25, 0.3) is 16.9 Å². The van der Waals surface area contributed by atoms with Crippen LogP contribution >= 0.6 is 0 Å². The fraction of sp³-hybridized carbons (Fsp3) is 0.217. The quantitative estimate of drug-likeness (QED) is 0.481. The number of pyridine rings is 1. The van der Waals surface area contributed by atoms with Crippen LogP contribution in [0.1, 0.15) is 11.1 Å². The lowest BCUT2D eigenvalue weighted by Crippen LogP contribution is -2.23. The van der Waals surface area contributed by atoms with Crippen molar-refractivity contribution in [2.45, 2.75) is 13.5 Å². The number of aryl methyl sites for hydroxylation is 2. The first-order chi connectivity index (χ1) is 14.9. The van der Waals surface area contributed by atoms with Crippen LogP contribution in [-0.2, 0) is 13.7 Å². The summed E-state index contributed by atoms with van der Waals surface area (Å²) in [7, 11) is 5.59. The van der Waals surface area contributed by atoms with Crippen LogP contribution in [0, 0.1) is 6.92 Å². The first kappa shape index (κ1) is 20.3. The molecule has 0 aliphatic heterocycles. The molecule has 0 fully saturated rings. The minimum Gasteiger partial charge on any atom is -0.473 e. The highest BCUT2D eigenvalue weighted by atomic mass is 16.5. The Labute approximate surface area is 180 Å². The minimum atomic E-state index is -0.312. The normalized spacial score (nSPS) is 10.8. The van der Waals surface area contributed by atoms with Gasteiger partial charge >= 0.3 is 5.69 Å². The number of tetrazole rings is 1. The largest absolute Gasteiger partial charge is 0.473 e. The van der Waals surface area contributed by atoms with E-state index in [0.29, 0.717) is 11.6 Å². The van der Waals surface area contributed by atoms with Crippen molar-refractivity contribution in [3.05, 3.63) is 82.3 Å². The van der Waals surface area contributed by atoms with Crippen LogP contribution < -0.4 is 15.3 Å². The molecular weight excluding hydrogens is 392 g/mol.